The Hall–Kier alpha value is -3.14. The lowest BCUT2D eigenvalue weighted by Crippen LogP contribution is -2.23. The highest BCUT2D eigenvalue weighted by atomic mass is 15.5. The van der Waals surface area contributed by atoms with Crippen LogP contribution in [0.25, 0.3) is 10.8 Å². The van der Waals surface area contributed by atoms with Gasteiger partial charge < -0.3 is 5.73 Å². The Balaban J connectivity index is 1.89. The average Bonchev–Trinajstić information content (AvgIpc) is 2.60. The summed E-state index contributed by atoms with van der Waals surface area (Å²) in [6.07, 6.45) is 0. The third-order valence-electron chi connectivity index (χ3n) is 4.02. The fraction of sp³-hybridized carbons (Fsp3) is 0.0526. The summed E-state index contributed by atoms with van der Waals surface area (Å²) in [5.74, 6) is 1.15. The van der Waals surface area contributed by atoms with Crippen LogP contribution >= 0.6 is 0 Å². The van der Waals surface area contributed by atoms with Crippen LogP contribution in [0.5, 0.6) is 0 Å². The first-order valence-corrected chi connectivity index (χ1v) is 7.48. The van der Waals surface area contributed by atoms with E-state index in [1.807, 2.05) is 66.7 Å². The molecule has 0 aromatic heterocycles. The van der Waals surface area contributed by atoms with Gasteiger partial charge in [0.25, 0.3) is 0 Å². The molecule has 1 aliphatic rings. The van der Waals surface area contributed by atoms with Crippen molar-refractivity contribution < 1.29 is 0 Å². The summed E-state index contributed by atoms with van der Waals surface area (Å²) in [5, 5.41) is 8.74. The van der Waals surface area contributed by atoms with E-state index in [0.29, 0.717) is 11.7 Å². The highest BCUT2D eigenvalue weighted by Gasteiger charge is 2.19. The number of nitrogens with two attached hydrogens (primary N) is 1. The minimum atomic E-state index is 0.509. The van der Waals surface area contributed by atoms with Gasteiger partial charge in [-0.2, -0.15) is 5.10 Å². The lowest BCUT2D eigenvalue weighted by molar-refractivity contribution is 1.01. The molecule has 1 heterocycles. The number of para-hydroxylation sites is 1. The molecule has 3 aromatic rings. The molecule has 1 aliphatic heterocycles. The van der Waals surface area contributed by atoms with Crippen LogP contribution in [0, 0.1) is 0 Å². The van der Waals surface area contributed by atoms with Crippen molar-refractivity contribution in [2.75, 3.05) is 12.1 Å². The second-order valence-corrected chi connectivity index (χ2v) is 5.49. The minimum Gasteiger partial charge on any atom is -0.383 e. The zero-order chi connectivity index (χ0) is 15.8. The molecule has 0 aliphatic carbocycles. The molecule has 4 heteroatoms. The van der Waals surface area contributed by atoms with E-state index in [1.54, 1.807) is 0 Å². The van der Waals surface area contributed by atoms with Crippen molar-refractivity contribution in [3.05, 3.63) is 77.9 Å². The molecule has 0 atom stereocenters. The molecule has 23 heavy (non-hydrogen) atoms. The maximum atomic E-state index is 6.16. The monoisotopic (exact) mass is 300 g/mol. The van der Waals surface area contributed by atoms with E-state index in [4.69, 9.17) is 5.73 Å². The Kier molecular flexibility index (Phi) is 3.08. The molecule has 0 saturated carbocycles. The molecule has 4 nitrogen and oxygen atoms in total. The Morgan fingerprint density at radius 2 is 1.57 bits per heavy atom. The van der Waals surface area contributed by atoms with Crippen molar-refractivity contribution in [1.82, 2.24) is 0 Å². The molecule has 112 valence electrons. The number of aliphatic imine (C=N–C) groups is 1. The highest BCUT2D eigenvalue weighted by Crippen LogP contribution is 2.27. The summed E-state index contributed by atoms with van der Waals surface area (Å²) in [7, 11) is 1.91. The highest BCUT2D eigenvalue weighted by molar-refractivity contribution is 6.25. The number of hydrazone groups is 1. The summed E-state index contributed by atoms with van der Waals surface area (Å²) < 4.78 is 0. The van der Waals surface area contributed by atoms with Crippen molar-refractivity contribution in [3.63, 3.8) is 0 Å². The lowest BCUT2D eigenvalue weighted by atomic mass is 9.96. The SMILES string of the molecule is CN(/N=C1/N=C(N)c2cccc3cccc1c23)c1ccccc1. The number of benzene rings is 3. The van der Waals surface area contributed by atoms with Crippen LogP contribution in [0.15, 0.2) is 76.8 Å². The minimum absolute atomic E-state index is 0.509. The topological polar surface area (TPSA) is 54.0 Å². The van der Waals surface area contributed by atoms with Crippen molar-refractivity contribution >= 4 is 28.1 Å². The van der Waals surface area contributed by atoms with Gasteiger partial charge in [-0.1, -0.05) is 54.6 Å². The smallest absolute Gasteiger partial charge is 0.182 e. The molecule has 0 unspecified atom stereocenters. The van der Waals surface area contributed by atoms with E-state index in [-0.39, 0.29) is 0 Å². The second kappa shape index (κ2) is 5.25. The average molecular weight is 300 g/mol. The van der Waals surface area contributed by atoms with Gasteiger partial charge in [0.15, 0.2) is 5.84 Å². The second-order valence-electron chi connectivity index (χ2n) is 5.49. The number of hydrogen-bond acceptors (Lipinski definition) is 3. The number of rotatable bonds is 2. The maximum Gasteiger partial charge on any atom is 0.182 e. The normalized spacial score (nSPS) is 14.8. The molecule has 0 fully saturated rings. The van der Waals surface area contributed by atoms with Crippen LogP contribution in [-0.4, -0.2) is 18.7 Å². The number of amidine groups is 2. The Morgan fingerprint density at radius 1 is 0.870 bits per heavy atom. The van der Waals surface area contributed by atoms with E-state index >= 15 is 0 Å². The summed E-state index contributed by atoms with van der Waals surface area (Å²) in [4.78, 5) is 4.52. The molecule has 0 saturated heterocycles. The van der Waals surface area contributed by atoms with E-state index < -0.39 is 0 Å². The van der Waals surface area contributed by atoms with Gasteiger partial charge in [0.1, 0.15) is 5.84 Å². The molecule has 3 aromatic carbocycles. The molecule has 0 amide bonds. The molecule has 4 rings (SSSR count). The summed E-state index contributed by atoms with van der Waals surface area (Å²) in [6, 6.07) is 22.2. The first kappa shape index (κ1) is 13.5. The number of anilines is 1. The van der Waals surface area contributed by atoms with Crippen molar-refractivity contribution in [2.24, 2.45) is 15.8 Å². The predicted molar refractivity (Wildman–Crippen MR) is 96.1 cm³/mol. The standard InChI is InChI=1S/C19H16N4/c1-23(14-9-3-2-4-10-14)22-19-16-12-6-8-13-7-5-11-15(17(13)16)18(20)21-19/h2-12H,1H3,(H2,20,21,22). The van der Waals surface area contributed by atoms with E-state index in [0.717, 1.165) is 27.6 Å². The van der Waals surface area contributed by atoms with Gasteiger partial charge in [-0.15, -0.1) is 0 Å². The third-order valence-corrected chi connectivity index (χ3v) is 4.02. The quantitative estimate of drug-likeness (QED) is 0.738. The van der Waals surface area contributed by atoms with Crippen molar-refractivity contribution in [1.29, 1.82) is 0 Å². The molecular formula is C19H16N4. The van der Waals surface area contributed by atoms with Crippen molar-refractivity contribution in [2.45, 2.75) is 0 Å². The van der Waals surface area contributed by atoms with E-state index in [2.05, 4.69) is 22.2 Å². The lowest BCUT2D eigenvalue weighted by Gasteiger charge is -2.19. The number of nitrogens with zero attached hydrogens (tertiary/aromatic N) is 3. The molecular weight excluding hydrogens is 284 g/mol. The fourth-order valence-corrected chi connectivity index (χ4v) is 2.90. The van der Waals surface area contributed by atoms with Gasteiger partial charge in [-0.25, -0.2) is 4.99 Å². The van der Waals surface area contributed by atoms with Crippen molar-refractivity contribution in [3.8, 4) is 0 Å². The van der Waals surface area contributed by atoms with Crippen LogP contribution in [0.4, 0.5) is 5.69 Å². The predicted octanol–water partition coefficient (Wildman–Crippen LogP) is 3.36. The van der Waals surface area contributed by atoms with Gasteiger partial charge >= 0.3 is 0 Å². The first-order chi connectivity index (χ1) is 11.2. The van der Waals surface area contributed by atoms with Crippen LogP contribution in [0.1, 0.15) is 11.1 Å². The van der Waals surface area contributed by atoms with E-state index in [9.17, 15) is 0 Å². The Morgan fingerprint density at radius 3 is 2.30 bits per heavy atom. The van der Waals surface area contributed by atoms with Gasteiger partial charge in [0.2, 0.25) is 0 Å². The third kappa shape index (κ3) is 2.25. The summed E-state index contributed by atoms with van der Waals surface area (Å²) in [6.45, 7) is 0. The molecule has 0 spiro atoms. The van der Waals surface area contributed by atoms with Gasteiger partial charge in [0.05, 0.1) is 5.69 Å². The summed E-state index contributed by atoms with van der Waals surface area (Å²) >= 11 is 0. The fourth-order valence-electron chi connectivity index (χ4n) is 2.90. The van der Waals surface area contributed by atoms with Gasteiger partial charge in [-0.05, 0) is 17.5 Å². The van der Waals surface area contributed by atoms with Crippen LogP contribution in [0.2, 0.25) is 0 Å². The summed E-state index contributed by atoms with van der Waals surface area (Å²) in [5.41, 5.74) is 9.14. The maximum absolute atomic E-state index is 6.16. The zero-order valence-corrected chi connectivity index (χ0v) is 12.8. The van der Waals surface area contributed by atoms with E-state index in [1.165, 1.54) is 0 Å². The van der Waals surface area contributed by atoms with Gasteiger partial charge in [0, 0.05) is 23.6 Å². The largest absolute Gasteiger partial charge is 0.383 e. The molecule has 0 radical (unpaired) electrons. The van der Waals surface area contributed by atoms with Crippen LogP contribution in [0.3, 0.4) is 0 Å². The van der Waals surface area contributed by atoms with Crippen LogP contribution in [-0.2, 0) is 0 Å². The molecule has 2 N–H and O–H groups in total. The van der Waals surface area contributed by atoms with Gasteiger partial charge in [-0.3, -0.25) is 5.01 Å². The molecule has 0 bridgehead atoms. The first-order valence-electron chi connectivity index (χ1n) is 7.48. The number of hydrogen-bond donors (Lipinski definition) is 1. The van der Waals surface area contributed by atoms with Crippen LogP contribution < -0.4 is 10.7 Å². The Labute approximate surface area is 134 Å². The zero-order valence-electron chi connectivity index (χ0n) is 12.8. The Bertz CT molecular complexity index is 937.